The molecule has 3 N–H and O–H groups in total. The Bertz CT molecular complexity index is 814. The fourth-order valence-corrected chi connectivity index (χ4v) is 4.62. The third kappa shape index (κ3) is 6.08. The molecule has 0 radical (unpaired) electrons. The highest BCUT2D eigenvalue weighted by atomic mass is 32.2. The number of hydrogen-bond donors (Lipinski definition) is 2. The molecule has 0 aliphatic heterocycles. The van der Waals surface area contributed by atoms with Crippen LogP contribution in [-0.4, -0.2) is 28.3 Å². The molecule has 25 heavy (non-hydrogen) atoms. The van der Waals surface area contributed by atoms with Crippen molar-refractivity contribution in [1.29, 1.82) is 5.26 Å². The third-order valence-corrected chi connectivity index (χ3v) is 6.23. The number of benzene rings is 1. The van der Waals surface area contributed by atoms with Gasteiger partial charge in [-0.1, -0.05) is 23.9 Å². The maximum atomic E-state index is 12.2. The van der Waals surface area contributed by atoms with Crippen molar-refractivity contribution in [3.05, 3.63) is 34.8 Å². The summed E-state index contributed by atoms with van der Waals surface area (Å²) in [6, 6.07) is 9.44. The van der Waals surface area contributed by atoms with Gasteiger partial charge >= 0.3 is 0 Å². The molecular weight excluding hydrogens is 376 g/mol. The molecule has 0 bridgehead atoms. The second-order valence-corrected chi connectivity index (χ2v) is 8.23. The summed E-state index contributed by atoms with van der Waals surface area (Å²) in [4.78, 5) is 29.2. The fourth-order valence-electron chi connectivity index (χ4n) is 1.90. The smallest absolute Gasteiger partial charge is 0.234 e. The number of aromatic nitrogens is 1. The SMILES string of the molecule is Cc1nc(SCC(=O)Nc2ccccc2SCC#N)sc1CC(N)=O. The average molecular weight is 393 g/mol. The van der Waals surface area contributed by atoms with Crippen molar-refractivity contribution in [1.82, 2.24) is 4.98 Å². The van der Waals surface area contributed by atoms with Crippen molar-refractivity contribution in [3.8, 4) is 6.07 Å². The number of hydrogen-bond acceptors (Lipinski definition) is 7. The lowest BCUT2D eigenvalue weighted by molar-refractivity contribution is -0.117. The maximum absolute atomic E-state index is 12.2. The highest BCUT2D eigenvalue weighted by molar-refractivity contribution is 8.01. The lowest BCUT2D eigenvalue weighted by Gasteiger charge is -2.09. The van der Waals surface area contributed by atoms with Crippen LogP contribution in [0.25, 0.3) is 0 Å². The van der Waals surface area contributed by atoms with Gasteiger partial charge in [0.1, 0.15) is 0 Å². The zero-order valence-corrected chi connectivity index (χ0v) is 15.9. The summed E-state index contributed by atoms with van der Waals surface area (Å²) in [5, 5.41) is 11.5. The molecule has 1 aromatic heterocycles. The van der Waals surface area contributed by atoms with Crippen LogP contribution >= 0.6 is 34.9 Å². The number of nitrogens with one attached hydrogen (secondary N) is 1. The third-order valence-electron chi connectivity index (χ3n) is 2.99. The van der Waals surface area contributed by atoms with Gasteiger partial charge < -0.3 is 11.1 Å². The molecular formula is C16H16N4O2S3. The number of primary amides is 1. The number of rotatable bonds is 8. The Kier molecular flexibility index (Phi) is 7.31. The number of nitriles is 1. The van der Waals surface area contributed by atoms with E-state index >= 15 is 0 Å². The topological polar surface area (TPSA) is 109 Å². The number of anilines is 1. The van der Waals surface area contributed by atoms with Gasteiger partial charge in [-0.2, -0.15) is 5.26 Å². The van der Waals surface area contributed by atoms with Crippen LogP contribution < -0.4 is 11.1 Å². The largest absolute Gasteiger partial charge is 0.369 e. The van der Waals surface area contributed by atoms with Crippen LogP contribution in [0.5, 0.6) is 0 Å². The van der Waals surface area contributed by atoms with Crippen molar-refractivity contribution >= 4 is 52.4 Å². The quantitative estimate of drug-likeness (QED) is 0.669. The summed E-state index contributed by atoms with van der Waals surface area (Å²) in [7, 11) is 0. The zero-order valence-electron chi connectivity index (χ0n) is 13.4. The number of nitrogens with zero attached hydrogens (tertiary/aromatic N) is 2. The van der Waals surface area contributed by atoms with Crippen molar-refractivity contribution in [2.24, 2.45) is 5.73 Å². The molecule has 130 valence electrons. The molecule has 2 rings (SSSR count). The molecule has 0 spiro atoms. The van der Waals surface area contributed by atoms with E-state index in [1.54, 1.807) is 6.07 Å². The van der Waals surface area contributed by atoms with E-state index in [1.165, 1.54) is 34.9 Å². The highest BCUT2D eigenvalue weighted by Gasteiger charge is 2.13. The van der Waals surface area contributed by atoms with E-state index in [2.05, 4.69) is 16.4 Å². The standard InChI is InChI=1S/C16H16N4O2S3/c1-10-13(8-14(18)21)25-16(19-10)24-9-15(22)20-11-4-2-3-5-12(11)23-7-6-17/h2-5H,7-9H2,1H3,(H2,18,21)(H,20,22). The minimum atomic E-state index is -0.396. The predicted octanol–water partition coefficient (Wildman–Crippen LogP) is 2.83. The van der Waals surface area contributed by atoms with Crippen molar-refractivity contribution in [3.63, 3.8) is 0 Å². The number of amides is 2. The Morgan fingerprint density at radius 3 is 2.84 bits per heavy atom. The average Bonchev–Trinajstić information content (AvgIpc) is 2.91. The number of carbonyl (C=O) groups excluding carboxylic acids is 2. The zero-order chi connectivity index (χ0) is 18.2. The minimum Gasteiger partial charge on any atom is -0.369 e. The van der Waals surface area contributed by atoms with Crippen LogP contribution in [0.4, 0.5) is 5.69 Å². The number of thioether (sulfide) groups is 2. The van der Waals surface area contributed by atoms with Gasteiger partial charge in [0, 0.05) is 9.77 Å². The first-order valence-electron chi connectivity index (χ1n) is 7.25. The number of para-hydroxylation sites is 1. The van der Waals surface area contributed by atoms with E-state index in [1.807, 2.05) is 25.1 Å². The molecule has 0 aliphatic rings. The first-order valence-corrected chi connectivity index (χ1v) is 10.0. The number of aryl methyl sites for hydroxylation is 1. The maximum Gasteiger partial charge on any atom is 0.234 e. The molecule has 0 atom stereocenters. The molecule has 0 unspecified atom stereocenters. The van der Waals surface area contributed by atoms with E-state index in [0.29, 0.717) is 11.4 Å². The first kappa shape index (κ1) is 19.3. The lowest BCUT2D eigenvalue weighted by Crippen LogP contribution is -2.14. The van der Waals surface area contributed by atoms with Crippen LogP contribution in [0, 0.1) is 18.3 Å². The van der Waals surface area contributed by atoms with Crippen molar-refractivity contribution in [2.75, 3.05) is 16.8 Å². The molecule has 1 heterocycles. The summed E-state index contributed by atoms with van der Waals surface area (Å²) < 4.78 is 0.732. The number of carbonyl (C=O) groups is 2. The van der Waals surface area contributed by atoms with Gasteiger partial charge in [0.05, 0.1) is 35.4 Å². The van der Waals surface area contributed by atoms with Gasteiger partial charge in [0.2, 0.25) is 11.8 Å². The molecule has 9 heteroatoms. The van der Waals surface area contributed by atoms with Gasteiger partial charge in [-0.15, -0.1) is 23.1 Å². The Labute approximate surface area is 158 Å². The lowest BCUT2D eigenvalue weighted by atomic mass is 10.3. The fraction of sp³-hybridized carbons (Fsp3) is 0.250. The molecule has 6 nitrogen and oxygen atoms in total. The van der Waals surface area contributed by atoms with Crippen LogP contribution in [-0.2, 0) is 16.0 Å². The van der Waals surface area contributed by atoms with E-state index in [9.17, 15) is 9.59 Å². The minimum absolute atomic E-state index is 0.153. The van der Waals surface area contributed by atoms with Crippen LogP contribution in [0.15, 0.2) is 33.5 Å². The van der Waals surface area contributed by atoms with Gasteiger partial charge in [-0.05, 0) is 19.1 Å². The monoisotopic (exact) mass is 392 g/mol. The summed E-state index contributed by atoms with van der Waals surface area (Å²) in [5.41, 5.74) is 6.67. The molecule has 0 fully saturated rings. The molecule has 0 saturated heterocycles. The summed E-state index contributed by atoms with van der Waals surface area (Å²) in [6.07, 6.45) is 0.166. The highest BCUT2D eigenvalue weighted by Crippen LogP contribution is 2.29. The molecule has 0 aliphatic carbocycles. The van der Waals surface area contributed by atoms with Gasteiger partial charge in [-0.25, -0.2) is 4.98 Å². The second kappa shape index (κ2) is 9.46. The number of nitrogens with two attached hydrogens (primary N) is 1. The second-order valence-electron chi connectivity index (χ2n) is 4.91. The van der Waals surface area contributed by atoms with Gasteiger partial charge in [0.15, 0.2) is 4.34 Å². The van der Waals surface area contributed by atoms with Crippen molar-refractivity contribution < 1.29 is 9.59 Å². The molecule has 2 amide bonds. The van der Waals surface area contributed by atoms with E-state index in [4.69, 9.17) is 11.0 Å². The number of thiazole rings is 1. The van der Waals surface area contributed by atoms with E-state index < -0.39 is 5.91 Å². The summed E-state index contributed by atoms with van der Waals surface area (Å²) in [6.45, 7) is 1.82. The molecule has 2 aromatic rings. The summed E-state index contributed by atoms with van der Waals surface area (Å²) >= 11 is 4.08. The summed E-state index contributed by atoms with van der Waals surface area (Å²) in [5.74, 6) is -0.0186. The Morgan fingerprint density at radius 2 is 2.12 bits per heavy atom. The van der Waals surface area contributed by atoms with E-state index in [-0.39, 0.29) is 18.1 Å². The molecule has 1 aromatic carbocycles. The van der Waals surface area contributed by atoms with Crippen LogP contribution in [0.2, 0.25) is 0 Å². The van der Waals surface area contributed by atoms with E-state index in [0.717, 1.165) is 19.8 Å². The molecule has 0 saturated carbocycles. The first-order chi connectivity index (χ1) is 12.0. The normalized spacial score (nSPS) is 10.2. The van der Waals surface area contributed by atoms with Gasteiger partial charge in [0.25, 0.3) is 0 Å². The van der Waals surface area contributed by atoms with Gasteiger partial charge in [-0.3, -0.25) is 9.59 Å². The predicted molar refractivity (Wildman–Crippen MR) is 102 cm³/mol. The van der Waals surface area contributed by atoms with Crippen LogP contribution in [0.1, 0.15) is 10.6 Å². The van der Waals surface area contributed by atoms with Crippen LogP contribution in [0.3, 0.4) is 0 Å². The Balaban J connectivity index is 1.93. The Morgan fingerprint density at radius 1 is 1.36 bits per heavy atom. The Hall–Kier alpha value is -2.02. The van der Waals surface area contributed by atoms with Crippen molar-refractivity contribution in [2.45, 2.75) is 22.6 Å².